The molecule has 0 aliphatic heterocycles. The minimum absolute atomic E-state index is 0.495. The van der Waals surface area contributed by atoms with E-state index in [0.29, 0.717) is 6.54 Å². The van der Waals surface area contributed by atoms with Crippen LogP contribution in [0, 0.1) is 6.20 Å². The van der Waals surface area contributed by atoms with Crippen LogP contribution in [0.5, 0.6) is 0 Å². The average Bonchev–Trinajstić information content (AvgIpc) is 2.70. The third-order valence-electron chi connectivity index (χ3n) is 2.15. The van der Waals surface area contributed by atoms with Gasteiger partial charge in [-0.25, -0.2) is 4.98 Å². The number of rotatable bonds is 2. The lowest BCUT2D eigenvalue weighted by molar-refractivity contribution is -0.137. The topological polar surface area (TPSA) is 17.8 Å². The number of imidazole rings is 1. The van der Waals surface area contributed by atoms with Gasteiger partial charge in [-0.3, -0.25) is 0 Å². The molecular weight excluding hydrogens is 217 g/mol. The van der Waals surface area contributed by atoms with E-state index < -0.39 is 11.7 Å². The first-order valence-electron chi connectivity index (χ1n) is 4.59. The molecule has 1 heterocycles. The minimum atomic E-state index is -4.28. The number of halogens is 3. The van der Waals surface area contributed by atoms with E-state index in [1.54, 1.807) is 17.1 Å². The second-order valence-corrected chi connectivity index (χ2v) is 3.37. The molecule has 0 aliphatic carbocycles. The summed E-state index contributed by atoms with van der Waals surface area (Å²) in [5.41, 5.74) is 0.160. The van der Waals surface area contributed by atoms with E-state index in [4.69, 9.17) is 0 Å². The summed E-state index contributed by atoms with van der Waals surface area (Å²) < 4.78 is 38.6. The lowest BCUT2D eigenvalue weighted by Crippen LogP contribution is -2.05. The van der Waals surface area contributed by atoms with Crippen LogP contribution in [-0.4, -0.2) is 9.55 Å². The van der Waals surface area contributed by atoms with Crippen molar-refractivity contribution in [2.24, 2.45) is 0 Å². The van der Waals surface area contributed by atoms with Gasteiger partial charge in [0.2, 0.25) is 0 Å². The lowest BCUT2D eigenvalue weighted by Gasteiger charge is -2.07. The van der Waals surface area contributed by atoms with Crippen LogP contribution in [0.1, 0.15) is 11.1 Å². The van der Waals surface area contributed by atoms with Gasteiger partial charge in [-0.05, 0) is 17.7 Å². The Hall–Kier alpha value is -1.78. The SMILES string of the molecule is FC(F)(F)c1ccc(Cn2c[c]nc2)cc1. The quantitative estimate of drug-likeness (QED) is 0.768. The largest absolute Gasteiger partial charge is 0.416 e. The van der Waals surface area contributed by atoms with E-state index in [-0.39, 0.29) is 0 Å². The van der Waals surface area contributed by atoms with Crippen LogP contribution < -0.4 is 0 Å². The van der Waals surface area contributed by atoms with Crippen molar-refractivity contribution in [3.8, 4) is 0 Å². The molecule has 0 fully saturated rings. The molecule has 83 valence electrons. The number of nitrogens with zero attached hydrogens (tertiary/aromatic N) is 2. The lowest BCUT2D eigenvalue weighted by atomic mass is 10.1. The van der Waals surface area contributed by atoms with Crippen molar-refractivity contribution >= 4 is 0 Å². The Bertz CT molecular complexity index is 443. The zero-order valence-electron chi connectivity index (χ0n) is 8.20. The molecule has 2 rings (SSSR count). The molecule has 1 aromatic heterocycles. The van der Waals surface area contributed by atoms with Gasteiger partial charge < -0.3 is 4.57 Å². The zero-order valence-corrected chi connectivity index (χ0v) is 8.20. The predicted octanol–water partition coefficient (Wildman–Crippen LogP) is 2.75. The molecule has 2 nitrogen and oxygen atoms in total. The van der Waals surface area contributed by atoms with Gasteiger partial charge in [0, 0.05) is 12.7 Å². The third kappa shape index (κ3) is 2.42. The van der Waals surface area contributed by atoms with Crippen LogP contribution >= 0.6 is 0 Å². The first-order chi connectivity index (χ1) is 7.55. The Morgan fingerprint density at radius 1 is 1.19 bits per heavy atom. The third-order valence-corrected chi connectivity index (χ3v) is 2.15. The first kappa shape index (κ1) is 10.7. The molecule has 0 atom stereocenters. The molecule has 0 spiro atoms. The van der Waals surface area contributed by atoms with Gasteiger partial charge in [-0.1, -0.05) is 12.1 Å². The van der Waals surface area contributed by atoms with E-state index in [1.807, 2.05) is 0 Å². The molecule has 16 heavy (non-hydrogen) atoms. The minimum Gasteiger partial charge on any atom is -0.332 e. The summed E-state index contributed by atoms with van der Waals surface area (Å²) in [6, 6.07) is 5.08. The highest BCUT2D eigenvalue weighted by atomic mass is 19.4. The fourth-order valence-electron chi connectivity index (χ4n) is 1.34. The summed E-state index contributed by atoms with van der Waals surface area (Å²) in [6.45, 7) is 0.495. The number of alkyl halides is 3. The Morgan fingerprint density at radius 2 is 1.88 bits per heavy atom. The maximum absolute atomic E-state index is 12.3. The first-order valence-corrected chi connectivity index (χ1v) is 4.59. The standard InChI is InChI=1S/C11H8F3N2/c12-11(13,14)10-3-1-9(2-4-10)7-16-6-5-15-8-16/h1-4,6,8H,7H2. The Labute approximate surface area is 90.4 Å². The summed E-state index contributed by atoms with van der Waals surface area (Å²) >= 11 is 0. The number of hydrogen-bond acceptors (Lipinski definition) is 1. The molecular formula is C11H8F3N2. The van der Waals surface area contributed by atoms with Crippen LogP contribution in [0.25, 0.3) is 0 Å². The van der Waals surface area contributed by atoms with E-state index in [1.165, 1.54) is 12.1 Å². The second kappa shape index (κ2) is 4.00. The van der Waals surface area contributed by atoms with Crippen molar-refractivity contribution in [3.63, 3.8) is 0 Å². The van der Waals surface area contributed by atoms with Crippen molar-refractivity contribution in [1.29, 1.82) is 0 Å². The molecule has 5 heteroatoms. The average molecular weight is 225 g/mol. The van der Waals surface area contributed by atoms with Gasteiger partial charge in [0.1, 0.15) is 6.20 Å². The Kier molecular flexibility index (Phi) is 2.68. The maximum Gasteiger partial charge on any atom is 0.416 e. The number of hydrogen-bond donors (Lipinski definition) is 0. The van der Waals surface area contributed by atoms with Crippen LogP contribution in [0.4, 0.5) is 13.2 Å². The summed E-state index contributed by atoms with van der Waals surface area (Å²) in [5, 5.41) is 0. The highest BCUT2D eigenvalue weighted by Gasteiger charge is 2.29. The fourth-order valence-corrected chi connectivity index (χ4v) is 1.34. The van der Waals surface area contributed by atoms with Crippen LogP contribution in [0.2, 0.25) is 0 Å². The molecule has 0 N–H and O–H groups in total. The van der Waals surface area contributed by atoms with E-state index in [0.717, 1.165) is 17.7 Å². The molecule has 0 aliphatic rings. The molecule has 0 saturated heterocycles. The Morgan fingerprint density at radius 3 is 2.38 bits per heavy atom. The number of aromatic nitrogens is 2. The summed E-state index contributed by atoms with van der Waals surface area (Å²) in [5.74, 6) is 0. The summed E-state index contributed by atoms with van der Waals surface area (Å²) in [6.07, 6.45) is 1.55. The smallest absolute Gasteiger partial charge is 0.332 e. The van der Waals surface area contributed by atoms with Crippen molar-refractivity contribution in [2.75, 3.05) is 0 Å². The molecule has 0 saturated carbocycles. The zero-order chi connectivity index (χ0) is 11.6. The molecule has 1 radical (unpaired) electrons. The van der Waals surface area contributed by atoms with E-state index in [2.05, 4.69) is 11.2 Å². The predicted molar refractivity (Wildman–Crippen MR) is 51.6 cm³/mol. The van der Waals surface area contributed by atoms with E-state index >= 15 is 0 Å². The van der Waals surface area contributed by atoms with Gasteiger partial charge in [-0.15, -0.1) is 0 Å². The van der Waals surface area contributed by atoms with Crippen LogP contribution in [-0.2, 0) is 12.7 Å². The number of benzene rings is 1. The second-order valence-electron chi connectivity index (χ2n) is 3.37. The van der Waals surface area contributed by atoms with Gasteiger partial charge in [-0.2, -0.15) is 13.2 Å². The van der Waals surface area contributed by atoms with Crippen molar-refractivity contribution in [3.05, 3.63) is 54.1 Å². The van der Waals surface area contributed by atoms with Crippen molar-refractivity contribution < 1.29 is 13.2 Å². The fraction of sp³-hybridized carbons (Fsp3) is 0.182. The van der Waals surface area contributed by atoms with Gasteiger partial charge >= 0.3 is 6.18 Å². The van der Waals surface area contributed by atoms with Crippen LogP contribution in [0.3, 0.4) is 0 Å². The maximum atomic E-state index is 12.3. The van der Waals surface area contributed by atoms with E-state index in [9.17, 15) is 13.2 Å². The Balaban J connectivity index is 2.14. The van der Waals surface area contributed by atoms with Crippen molar-refractivity contribution in [2.45, 2.75) is 12.7 Å². The van der Waals surface area contributed by atoms with Gasteiger partial charge in [0.15, 0.2) is 0 Å². The van der Waals surface area contributed by atoms with Gasteiger partial charge in [0.05, 0.1) is 11.9 Å². The molecule has 0 amide bonds. The highest BCUT2D eigenvalue weighted by Crippen LogP contribution is 2.29. The summed E-state index contributed by atoms with van der Waals surface area (Å²) in [7, 11) is 0. The monoisotopic (exact) mass is 225 g/mol. The molecule has 1 aromatic carbocycles. The van der Waals surface area contributed by atoms with Gasteiger partial charge in [0.25, 0.3) is 0 Å². The molecule has 0 unspecified atom stereocenters. The highest BCUT2D eigenvalue weighted by molar-refractivity contribution is 5.24. The molecule has 0 bridgehead atoms. The normalized spacial score (nSPS) is 11.7. The summed E-state index contributed by atoms with van der Waals surface area (Å²) in [4.78, 5) is 3.73. The van der Waals surface area contributed by atoms with Crippen molar-refractivity contribution in [1.82, 2.24) is 9.55 Å². The van der Waals surface area contributed by atoms with Crippen LogP contribution in [0.15, 0.2) is 36.8 Å². The molecule has 2 aromatic rings.